The van der Waals surface area contributed by atoms with Gasteiger partial charge in [0.1, 0.15) is 10.6 Å². The van der Waals surface area contributed by atoms with Gasteiger partial charge in [0.05, 0.1) is 31.1 Å². The van der Waals surface area contributed by atoms with E-state index in [0.717, 1.165) is 0 Å². The molecule has 2 aromatic rings. The summed E-state index contributed by atoms with van der Waals surface area (Å²) in [6.07, 6.45) is -0.336. The van der Waals surface area contributed by atoms with Crippen LogP contribution in [-0.4, -0.2) is 45.9 Å². The molecule has 8 nitrogen and oxygen atoms in total. The zero-order valence-corrected chi connectivity index (χ0v) is 16.7. The fourth-order valence-electron chi connectivity index (χ4n) is 2.36. The fraction of sp³-hybridized carbons (Fsp3) is 0.316. The first-order valence-electron chi connectivity index (χ1n) is 8.63. The maximum Gasteiger partial charge on any atom is 0.338 e. The number of anilines is 2. The van der Waals surface area contributed by atoms with E-state index in [1.54, 1.807) is 38.1 Å². The normalized spacial score (nSPS) is 11.2. The molecular formula is C19H24N2O6S. The number of aliphatic hydroxyl groups excluding tert-OH is 1. The summed E-state index contributed by atoms with van der Waals surface area (Å²) < 4.78 is 38.6. The van der Waals surface area contributed by atoms with E-state index in [1.165, 1.54) is 25.3 Å². The molecule has 0 aliphatic rings. The van der Waals surface area contributed by atoms with Crippen molar-refractivity contribution in [1.82, 2.24) is 0 Å². The van der Waals surface area contributed by atoms with Crippen molar-refractivity contribution in [3.05, 3.63) is 48.0 Å². The number of rotatable bonds is 9. The highest BCUT2D eigenvalue weighted by atomic mass is 32.2. The molecule has 0 amide bonds. The molecule has 0 heterocycles. The van der Waals surface area contributed by atoms with Gasteiger partial charge in [0.2, 0.25) is 0 Å². The number of carbonyl (C=O) groups is 1. The van der Waals surface area contributed by atoms with E-state index in [-0.39, 0.29) is 35.4 Å². The molecule has 2 aromatic carbocycles. The van der Waals surface area contributed by atoms with Gasteiger partial charge < -0.3 is 19.9 Å². The molecule has 0 radical (unpaired) electrons. The summed E-state index contributed by atoms with van der Waals surface area (Å²) in [6, 6.07) is 10.6. The Labute approximate surface area is 164 Å². The number of carbonyl (C=O) groups excluding carboxylic acids is 1. The number of sulfonamides is 1. The molecule has 0 saturated carbocycles. The smallest absolute Gasteiger partial charge is 0.338 e. The lowest BCUT2D eigenvalue weighted by atomic mass is 10.2. The van der Waals surface area contributed by atoms with Gasteiger partial charge >= 0.3 is 5.97 Å². The second-order valence-corrected chi connectivity index (χ2v) is 7.80. The third-order valence-electron chi connectivity index (χ3n) is 3.62. The molecular weight excluding hydrogens is 384 g/mol. The summed E-state index contributed by atoms with van der Waals surface area (Å²) in [7, 11) is -2.51. The molecule has 2 rings (SSSR count). The molecule has 0 aromatic heterocycles. The summed E-state index contributed by atoms with van der Waals surface area (Å²) in [5.74, 6) is -0.0312. The number of esters is 1. The van der Waals surface area contributed by atoms with Crippen LogP contribution in [0.2, 0.25) is 0 Å². The molecule has 0 aliphatic heterocycles. The standard InChI is InChI=1S/C19H24N2O6S/c1-13(2)27-19(23)14-4-9-17(20-10-11-22)18(12-14)28(24,25)21-15-5-7-16(26-3)8-6-15/h4-9,12-13,20-22H,10-11H2,1-3H3. The lowest BCUT2D eigenvalue weighted by molar-refractivity contribution is 0.0377. The monoisotopic (exact) mass is 408 g/mol. The number of hydrogen-bond donors (Lipinski definition) is 3. The molecule has 0 bridgehead atoms. The number of benzene rings is 2. The van der Waals surface area contributed by atoms with Crippen molar-refractivity contribution in [1.29, 1.82) is 0 Å². The summed E-state index contributed by atoms with van der Waals surface area (Å²) in [5, 5.41) is 11.9. The predicted octanol–water partition coefficient (Wildman–Crippen LogP) is 2.47. The zero-order chi connectivity index (χ0) is 20.7. The van der Waals surface area contributed by atoms with Crippen molar-refractivity contribution in [2.45, 2.75) is 24.8 Å². The van der Waals surface area contributed by atoms with Crippen LogP contribution in [0.5, 0.6) is 5.75 Å². The van der Waals surface area contributed by atoms with Crippen LogP contribution < -0.4 is 14.8 Å². The number of aliphatic hydroxyl groups is 1. The molecule has 152 valence electrons. The average Bonchev–Trinajstić information content (AvgIpc) is 2.66. The number of nitrogens with one attached hydrogen (secondary N) is 2. The van der Waals surface area contributed by atoms with Gasteiger partial charge in [-0.2, -0.15) is 0 Å². The van der Waals surface area contributed by atoms with Crippen LogP contribution in [0.1, 0.15) is 24.2 Å². The highest BCUT2D eigenvalue weighted by Gasteiger charge is 2.22. The summed E-state index contributed by atoms with van der Waals surface area (Å²) in [5.41, 5.74) is 0.707. The lowest BCUT2D eigenvalue weighted by Gasteiger charge is -2.15. The average molecular weight is 408 g/mol. The Morgan fingerprint density at radius 1 is 1.14 bits per heavy atom. The molecule has 28 heavy (non-hydrogen) atoms. The van der Waals surface area contributed by atoms with Gasteiger partial charge in [0.15, 0.2) is 0 Å². The molecule has 0 atom stereocenters. The molecule has 3 N–H and O–H groups in total. The van der Waals surface area contributed by atoms with Crippen molar-refractivity contribution >= 4 is 27.4 Å². The van der Waals surface area contributed by atoms with E-state index in [4.69, 9.17) is 14.6 Å². The van der Waals surface area contributed by atoms with Crippen LogP contribution in [0.15, 0.2) is 47.4 Å². The first kappa shape index (κ1) is 21.5. The first-order chi connectivity index (χ1) is 13.3. The van der Waals surface area contributed by atoms with Crippen molar-refractivity contribution in [2.75, 3.05) is 30.3 Å². The third-order valence-corrected chi connectivity index (χ3v) is 5.04. The Kier molecular flexibility index (Phi) is 7.24. The van der Waals surface area contributed by atoms with E-state index in [9.17, 15) is 13.2 Å². The Bertz CT molecular complexity index is 911. The highest BCUT2D eigenvalue weighted by Crippen LogP contribution is 2.26. The van der Waals surface area contributed by atoms with Crippen molar-refractivity contribution < 1.29 is 27.8 Å². The van der Waals surface area contributed by atoms with Gasteiger partial charge in [-0.05, 0) is 56.3 Å². The van der Waals surface area contributed by atoms with Crippen LogP contribution in [0.3, 0.4) is 0 Å². The SMILES string of the molecule is COc1ccc(NS(=O)(=O)c2cc(C(=O)OC(C)C)ccc2NCCO)cc1. The van der Waals surface area contributed by atoms with E-state index in [0.29, 0.717) is 11.4 Å². The minimum absolute atomic E-state index is 0.110. The maximum absolute atomic E-state index is 12.9. The van der Waals surface area contributed by atoms with Crippen LogP contribution in [0.25, 0.3) is 0 Å². The van der Waals surface area contributed by atoms with Gasteiger partial charge in [0.25, 0.3) is 10.0 Å². The van der Waals surface area contributed by atoms with E-state index < -0.39 is 16.0 Å². The molecule has 9 heteroatoms. The lowest BCUT2D eigenvalue weighted by Crippen LogP contribution is -2.18. The van der Waals surface area contributed by atoms with Gasteiger partial charge in [-0.3, -0.25) is 4.72 Å². The van der Waals surface area contributed by atoms with Gasteiger partial charge in [-0.25, -0.2) is 13.2 Å². The van der Waals surface area contributed by atoms with E-state index >= 15 is 0 Å². The minimum atomic E-state index is -4.02. The Hall–Kier alpha value is -2.78. The van der Waals surface area contributed by atoms with E-state index in [1.807, 2.05) is 0 Å². The van der Waals surface area contributed by atoms with Crippen LogP contribution in [0, 0.1) is 0 Å². The van der Waals surface area contributed by atoms with Gasteiger partial charge in [-0.1, -0.05) is 0 Å². The minimum Gasteiger partial charge on any atom is -0.497 e. The molecule has 0 aliphatic carbocycles. The van der Waals surface area contributed by atoms with Gasteiger partial charge in [0, 0.05) is 12.2 Å². The van der Waals surface area contributed by atoms with Crippen molar-refractivity contribution in [3.8, 4) is 5.75 Å². The zero-order valence-electron chi connectivity index (χ0n) is 15.9. The predicted molar refractivity (Wildman–Crippen MR) is 106 cm³/mol. The molecule has 0 spiro atoms. The summed E-state index contributed by atoms with van der Waals surface area (Å²) in [6.45, 7) is 3.39. The maximum atomic E-state index is 12.9. The number of hydrogen-bond acceptors (Lipinski definition) is 7. The number of ether oxygens (including phenoxy) is 2. The third kappa shape index (κ3) is 5.61. The molecule has 0 saturated heterocycles. The van der Waals surface area contributed by atoms with Gasteiger partial charge in [-0.15, -0.1) is 0 Å². The molecule has 0 fully saturated rings. The van der Waals surface area contributed by atoms with E-state index in [2.05, 4.69) is 10.0 Å². The highest BCUT2D eigenvalue weighted by molar-refractivity contribution is 7.92. The van der Waals surface area contributed by atoms with Crippen LogP contribution in [0.4, 0.5) is 11.4 Å². The first-order valence-corrected chi connectivity index (χ1v) is 10.1. The second kappa shape index (κ2) is 9.43. The second-order valence-electron chi connectivity index (χ2n) is 6.15. The van der Waals surface area contributed by atoms with Crippen molar-refractivity contribution in [2.24, 2.45) is 0 Å². The Morgan fingerprint density at radius 3 is 2.39 bits per heavy atom. The molecule has 0 unspecified atom stereocenters. The quantitative estimate of drug-likeness (QED) is 0.546. The Balaban J connectivity index is 2.40. The summed E-state index contributed by atoms with van der Waals surface area (Å²) in [4.78, 5) is 12.0. The Morgan fingerprint density at radius 2 is 1.82 bits per heavy atom. The summed E-state index contributed by atoms with van der Waals surface area (Å²) >= 11 is 0. The fourth-order valence-corrected chi connectivity index (χ4v) is 3.63. The topological polar surface area (TPSA) is 114 Å². The number of methoxy groups -OCH3 is 1. The largest absolute Gasteiger partial charge is 0.497 e. The van der Waals surface area contributed by atoms with Crippen LogP contribution >= 0.6 is 0 Å². The van der Waals surface area contributed by atoms with Crippen molar-refractivity contribution in [3.63, 3.8) is 0 Å². The van der Waals surface area contributed by atoms with Crippen LogP contribution in [-0.2, 0) is 14.8 Å².